The van der Waals surface area contributed by atoms with Crippen LogP contribution < -0.4 is 4.90 Å². The summed E-state index contributed by atoms with van der Waals surface area (Å²) in [5.41, 5.74) is 3.24. The van der Waals surface area contributed by atoms with Crippen LogP contribution in [0.1, 0.15) is 16.5 Å². The third-order valence-electron chi connectivity index (χ3n) is 3.34. The molecule has 0 spiro atoms. The molecule has 2 aromatic carbocycles. The van der Waals surface area contributed by atoms with E-state index in [2.05, 4.69) is 0 Å². The largest absolute Gasteiger partial charge is 0.295 e. The summed E-state index contributed by atoms with van der Waals surface area (Å²) in [6.45, 7) is 2.04. The van der Waals surface area contributed by atoms with Crippen LogP contribution >= 0.6 is 23.4 Å². The molecular formula is C16H14ClNOS. The molecule has 0 radical (unpaired) electrons. The van der Waals surface area contributed by atoms with E-state index in [1.165, 1.54) is 5.56 Å². The molecule has 4 heteroatoms. The van der Waals surface area contributed by atoms with Crippen molar-refractivity contribution in [3.8, 4) is 0 Å². The van der Waals surface area contributed by atoms with Crippen molar-refractivity contribution in [3.05, 3.63) is 64.7 Å². The third kappa shape index (κ3) is 2.56. The first-order valence-corrected chi connectivity index (χ1v) is 7.83. The number of anilines is 1. The molecule has 0 saturated carbocycles. The average molecular weight is 304 g/mol. The maximum atomic E-state index is 12.2. The molecule has 102 valence electrons. The van der Waals surface area contributed by atoms with Crippen LogP contribution in [-0.4, -0.2) is 11.7 Å². The zero-order valence-corrected chi connectivity index (χ0v) is 12.6. The first-order chi connectivity index (χ1) is 9.65. The number of halogens is 1. The Bertz CT molecular complexity index is 624. The summed E-state index contributed by atoms with van der Waals surface area (Å²) in [5.74, 6) is 0.667. The lowest BCUT2D eigenvalue weighted by molar-refractivity contribution is -0.115. The van der Waals surface area contributed by atoms with Crippen LogP contribution in [0.4, 0.5) is 5.69 Å². The fourth-order valence-electron chi connectivity index (χ4n) is 2.28. The van der Waals surface area contributed by atoms with Crippen molar-refractivity contribution in [2.24, 2.45) is 0 Å². The van der Waals surface area contributed by atoms with Gasteiger partial charge in [0.1, 0.15) is 5.37 Å². The Labute approximate surface area is 127 Å². The SMILES string of the molecule is Cc1ccc(N2C(=O)CS[C@@H]2c2ccc(Cl)cc2)cc1. The number of hydrogen-bond donors (Lipinski definition) is 0. The Morgan fingerprint density at radius 1 is 1.10 bits per heavy atom. The fourth-order valence-corrected chi connectivity index (χ4v) is 3.59. The minimum absolute atomic E-state index is 0.0301. The van der Waals surface area contributed by atoms with Gasteiger partial charge in [0.15, 0.2) is 0 Å². The lowest BCUT2D eigenvalue weighted by atomic mass is 10.1. The second kappa shape index (κ2) is 5.51. The minimum Gasteiger partial charge on any atom is -0.295 e. The summed E-state index contributed by atoms with van der Waals surface area (Å²) < 4.78 is 0. The molecule has 0 aromatic heterocycles. The van der Waals surface area contributed by atoms with E-state index < -0.39 is 0 Å². The van der Waals surface area contributed by atoms with E-state index in [9.17, 15) is 4.79 Å². The van der Waals surface area contributed by atoms with Crippen LogP contribution in [0.15, 0.2) is 48.5 Å². The second-order valence-electron chi connectivity index (χ2n) is 4.81. The molecule has 20 heavy (non-hydrogen) atoms. The van der Waals surface area contributed by atoms with Crippen molar-refractivity contribution in [1.82, 2.24) is 0 Å². The van der Waals surface area contributed by atoms with E-state index in [0.717, 1.165) is 11.3 Å². The highest BCUT2D eigenvalue weighted by molar-refractivity contribution is 8.00. The average Bonchev–Trinajstić information content (AvgIpc) is 2.83. The van der Waals surface area contributed by atoms with Gasteiger partial charge in [-0.15, -0.1) is 11.8 Å². The highest BCUT2D eigenvalue weighted by atomic mass is 35.5. The maximum Gasteiger partial charge on any atom is 0.238 e. The summed E-state index contributed by atoms with van der Waals surface area (Å²) in [6.07, 6.45) is 0. The lowest BCUT2D eigenvalue weighted by Crippen LogP contribution is -2.27. The van der Waals surface area contributed by atoms with E-state index in [1.54, 1.807) is 11.8 Å². The summed E-state index contributed by atoms with van der Waals surface area (Å²) in [4.78, 5) is 14.1. The Morgan fingerprint density at radius 3 is 2.40 bits per heavy atom. The molecule has 2 aromatic rings. The highest BCUT2D eigenvalue weighted by Gasteiger charge is 2.33. The summed E-state index contributed by atoms with van der Waals surface area (Å²) >= 11 is 7.58. The second-order valence-corrected chi connectivity index (χ2v) is 6.32. The van der Waals surface area contributed by atoms with Crippen molar-refractivity contribution in [2.75, 3.05) is 10.7 Å². The van der Waals surface area contributed by atoms with Gasteiger partial charge in [-0.1, -0.05) is 41.4 Å². The highest BCUT2D eigenvalue weighted by Crippen LogP contribution is 2.41. The fraction of sp³-hybridized carbons (Fsp3) is 0.188. The summed E-state index contributed by atoms with van der Waals surface area (Å²) in [6, 6.07) is 15.8. The number of nitrogens with zero attached hydrogens (tertiary/aromatic N) is 1. The van der Waals surface area contributed by atoms with Gasteiger partial charge in [0.25, 0.3) is 0 Å². The Morgan fingerprint density at radius 2 is 1.75 bits per heavy atom. The van der Waals surface area contributed by atoms with Crippen LogP contribution in [0.2, 0.25) is 5.02 Å². The molecule has 1 fully saturated rings. The topological polar surface area (TPSA) is 20.3 Å². The molecule has 1 atom stereocenters. The molecule has 2 nitrogen and oxygen atoms in total. The first kappa shape index (κ1) is 13.5. The summed E-state index contributed by atoms with van der Waals surface area (Å²) in [7, 11) is 0. The van der Waals surface area contributed by atoms with E-state index >= 15 is 0 Å². The van der Waals surface area contributed by atoms with Crippen molar-refractivity contribution in [3.63, 3.8) is 0 Å². The predicted octanol–water partition coefficient (Wildman–Crippen LogP) is 4.43. The number of amides is 1. The quantitative estimate of drug-likeness (QED) is 0.818. The van der Waals surface area contributed by atoms with Crippen molar-refractivity contribution < 1.29 is 4.79 Å². The van der Waals surface area contributed by atoms with Crippen LogP contribution in [-0.2, 0) is 4.79 Å². The zero-order valence-electron chi connectivity index (χ0n) is 11.0. The van der Waals surface area contributed by atoms with Gasteiger partial charge >= 0.3 is 0 Å². The number of aryl methyl sites for hydroxylation is 1. The van der Waals surface area contributed by atoms with Gasteiger partial charge in [-0.2, -0.15) is 0 Å². The Hall–Kier alpha value is -1.45. The van der Waals surface area contributed by atoms with Gasteiger partial charge in [-0.25, -0.2) is 0 Å². The minimum atomic E-state index is 0.0301. The van der Waals surface area contributed by atoms with Gasteiger partial charge in [0.2, 0.25) is 5.91 Å². The normalized spacial score (nSPS) is 18.6. The van der Waals surface area contributed by atoms with Crippen molar-refractivity contribution in [2.45, 2.75) is 12.3 Å². The van der Waals surface area contributed by atoms with E-state index in [4.69, 9.17) is 11.6 Å². The zero-order chi connectivity index (χ0) is 14.1. The van der Waals surface area contributed by atoms with Crippen LogP contribution in [0.25, 0.3) is 0 Å². The molecule has 1 aliphatic rings. The molecule has 1 amide bonds. The predicted molar refractivity (Wildman–Crippen MR) is 85.3 cm³/mol. The molecule has 3 rings (SSSR count). The third-order valence-corrected chi connectivity index (χ3v) is 4.80. The molecule has 0 bridgehead atoms. The number of hydrogen-bond acceptors (Lipinski definition) is 2. The molecule has 0 N–H and O–H groups in total. The standard InChI is InChI=1S/C16H14ClNOS/c1-11-2-8-14(9-3-11)18-15(19)10-20-16(18)12-4-6-13(17)7-5-12/h2-9,16H,10H2,1H3/t16-/m1/s1. The first-order valence-electron chi connectivity index (χ1n) is 6.41. The van der Waals surface area contributed by atoms with Gasteiger partial charge in [-0.3, -0.25) is 9.69 Å². The molecule has 1 aliphatic heterocycles. The maximum absolute atomic E-state index is 12.2. The number of carbonyl (C=O) groups is 1. The number of carbonyl (C=O) groups excluding carboxylic acids is 1. The molecule has 1 heterocycles. The van der Waals surface area contributed by atoms with Gasteiger partial charge in [-0.05, 0) is 36.8 Å². The van der Waals surface area contributed by atoms with Gasteiger partial charge < -0.3 is 0 Å². The molecule has 1 saturated heterocycles. The molecular weight excluding hydrogens is 290 g/mol. The Kier molecular flexibility index (Phi) is 3.72. The summed E-state index contributed by atoms with van der Waals surface area (Å²) in [5, 5.41) is 0.743. The van der Waals surface area contributed by atoms with E-state index in [0.29, 0.717) is 10.8 Å². The number of rotatable bonds is 2. The molecule has 0 unspecified atom stereocenters. The monoisotopic (exact) mass is 303 g/mol. The molecule has 0 aliphatic carbocycles. The van der Waals surface area contributed by atoms with Crippen LogP contribution in [0.5, 0.6) is 0 Å². The lowest BCUT2D eigenvalue weighted by Gasteiger charge is -2.24. The number of benzene rings is 2. The smallest absolute Gasteiger partial charge is 0.238 e. The van der Waals surface area contributed by atoms with Crippen LogP contribution in [0, 0.1) is 6.92 Å². The van der Waals surface area contributed by atoms with Crippen molar-refractivity contribution in [1.29, 1.82) is 0 Å². The van der Waals surface area contributed by atoms with Gasteiger partial charge in [0, 0.05) is 10.7 Å². The van der Waals surface area contributed by atoms with E-state index in [-0.39, 0.29) is 11.3 Å². The number of thioether (sulfide) groups is 1. The van der Waals surface area contributed by atoms with Crippen LogP contribution in [0.3, 0.4) is 0 Å². The van der Waals surface area contributed by atoms with Gasteiger partial charge in [0.05, 0.1) is 5.75 Å². The Balaban J connectivity index is 1.96. The van der Waals surface area contributed by atoms with Crippen molar-refractivity contribution >= 4 is 35.0 Å². The van der Waals surface area contributed by atoms with E-state index in [1.807, 2.05) is 60.4 Å².